The van der Waals surface area contributed by atoms with Gasteiger partial charge in [-0.25, -0.2) is 0 Å². The van der Waals surface area contributed by atoms with Gasteiger partial charge in [-0.1, -0.05) is 51.0 Å². The minimum atomic E-state index is 0.494. The zero-order valence-electron chi connectivity index (χ0n) is 9.79. The Balaban J connectivity index is 2.10. The van der Waals surface area contributed by atoms with E-state index in [4.69, 9.17) is 0 Å². The normalized spacial score (nSPS) is 38.5. The quantitative estimate of drug-likeness (QED) is 0.595. The summed E-state index contributed by atoms with van der Waals surface area (Å²) in [6.45, 7) is 4.95. The van der Waals surface area contributed by atoms with E-state index >= 15 is 0 Å². The van der Waals surface area contributed by atoms with Gasteiger partial charge in [-0.05, 0) is 41.2 Å². The summed E-state index contributed by atoms with van der Waals surface area (Å²) in [6, 6.07) is 9.12. The van der Waals surface area contributed by atoms with Crippen LogP contribution in [0.15, 0.2) is 24.3 Å². The van der Waals surface area contributed by atoms with Gasteiger partial charge in [0.1, 0.15) is 0 Å². The Bertz CT molecular complexity index is 379. The molecule has 80 valence electrons. The average Bonchev–Trinajstić information content (AvgIpc) is 2.54. The van der Waals surface area contributed by atoms with Gasteiger partial charge >= 0.3 is 0 Å². The van der Waals surface area contributed by atoms with E-state index in [1.54, 1.807) is 11.1 Å². The van der Waals surface area contributed by atoms with E-state index < -0.39 is 0 Å². The second-order valence-corrected chi connectivity index (χ2v) is 5.75. The Morgan fingerprint density at radius 3 is 2.93 bits per heavy atom. The maximum absolute atomic E-state index is 2.50. The van der Waals surface area contributed by atoms with E-state index in [0.29, 0.717) is 5.41 Å². The van der Waals surface area contributed by atoms with E-state index in [2.05, 4.69) is 38.1 Å². The number of benzene rings is 1. The highest BCUT2D eigenvalue weighted by Gasteiger charge is 2.46. The third-order valence-electron chi connectivity index (χ3n) is 4.93. The lowest BCUT2D eigenvalue weighted by Gasteiger charge is -2.41. The topological polar surface area (TPSA) is 0 Å². The Kier molecular flexibility index (Phi) is 1.95. The van der Waals surface area contributed by atoms with Gasteiger partial charge in [0, 0.05) is 0 Å². The Hall–Kier alpha value is -0.780. The van der Waals surface area contributed by atoms with Crippen LogP contribution in [0.25, 0.3) is 0 Å². The van der Waals surface area contributed by atoms with E-state index in [-0.39, 0.29) is 0 Å². The van der Waals surface area contributed by atoms with Crippen LogP contribution in [0.1, 0.15) is 44.2 Å². The predicted molar refractivity (Wildman–Crippen MR) is 64.0 cm³/mol. The van der Waals surface area contributed by atoms with Crippen molar-refractivity contribution in [3.05, 3.63) is 35.4 Å². The zero-order chi connectivity index (χ0) is 10.5. The van der Waals surface area contributed by atoms with Crippen molar-refractivity contribution in [1.29, 1.82) is 0 Å². The first-order chi connectivity index (χ1) is 7.22. The number of hydrogen-bond donors (Lipinski definition) is 0. The molecule has 1 aromatic rings. The van der Waals surface area contributed by atoms with Crippen LogP contribution in [0.2, 0.25) is 0 Å². The molecule has 3 rings (SSSR count). The van der Waals surface area contributed by atoms with Crippen LogP contribution in [0.4, 0.5) is 0 Å². The molecule has 1 fully saturated rings. The minimum absolute atomic E-state index is 0.494. The number of fused-ring (bicyclic) bond motifs is 3. The van der Waals surface area contributed by atoms with Gasteiger partial charge in [0.15, 0.2) is 0 Å². The fourth-order valence-electron chi connectivity index (χ4n) is 4.06. The van der Waals surface area contributed by atoms with Gasteiger partial charge in [0.05, 0.1) is 0 Å². The predicted octanol–water partition coefficient (Wildman–Crippen LogP) is 3.94. The standard InChI is InChI=1S/C15H20/c1-11-6-5-9-15(2)13-8-4-3-7-12(13)10-14(11)15/h3-4,7-8,11,14H,5-6,9-10H2,1-2H3. The summed E-state index contributed by atoms with van der Waals surface area (Å²) in [5.41, 5.74) is 3.77. The van der Waals surface area contributed by atoms with Crippen LogP contribution >= 0.6 is 0 Å². The van der Waals surface area contributed by atoms with Crippen molar-refractivity contribution in [3.8, 4) is 0 Å². The van der Waals surface area contributed by atoms with E-state index in [0.717, 1.165) is 11.8 Å². The van der Waals surface area contributed by atoms with Crippen molar-refractivity contribution < 1.29 is 0 Å². The van der Waals surface area contributed by atoms with E-state index in [1.807, 2.05) is 0 Å². The molecule has 3 unspecified atom stereocenters. The monoisotopic (exact) mass is 200 g/mol. The van der Waals surface area contributed by atoms with Gasteiger partial charge in [0.2, 0.25) is 0 Å². The van der Waals surface area contributed by atoms with Crippen molar-refractivity contribution in [2.75, 3.05) is 0 Å². The van der Waals surface area contributed by atoms with Crippen molar-refractivity contribution in [2.24, 2.45) is 11.8 Å². The maximum Gasteiger partial charge on any atom is -0.00386 e. The SMILES string of the molecule is CC1CCCC2(C)c3ccccc3CC12. The molecule has 2 aliphatic rings. The molecule has 0 spiro atoms. The fourth-order valence-corrected chi connectivity index (χ4v) is 4.06. The molecule has 0 aliphatic heterocycles. The molecule has 0 heterocycles. The van der Waals surface area contributed by atoms with Crippen LogP contribution in [0, 0.1) is 11.8 Å². The van der Waals surface area contributed by atoms with Crippen molar-refractivity contribution in [3.63, 3.8) is 0 Å². The van der Waals surface area contributed by atoms with E-state index in [1.165, 1.54) is 25.7 Å². The Labute approximate surface area is 92.7 Å². The zero-order valence-corrected chi connectivity index (χ0v) is 9.79. The van der Waals surface area contributed by atoms with Gasteiger partial charge < -0.3 is 0 Å². The number of hydrogen-bond acceptors (Lipinski definition) is 0. The molecular formula is C15H20. The molecule has 1 saturated carbocycles. The largest absolute Gasteiger partial charge is 0.0622 e. The van der Waals surface area contributed by atoms with Crippen molar-refractivity contribution in [1.82, 2.24) is 0 Å². The summed E-state index contributed by atoms with van der Waals surface area (Å²) in [6.07, 6.45) is 5.59. The molecule has 0 heteroatoms. The fraction of sp³-hybridized carbons (Fsp3) is 0.600. The summed E-state index contributed by atoms with van der Waals surface area (Å²) >= 11 is 0. The molecule has 0 nitrogen and oxygen atoms in total. The molecular weight excluding hydrogens is 180 g/mol. The van der Waals surface area contributed by atoms with Crippen LogP contribution in [-0.2, 0) is 11.8 Å². The molecule has 0 aromatic heterocycles. The van der Waals surface area contributed by atoms with Crippen LogP contribution < -0.4 is 0 Å². The smallest absolute Gasteiger partial charge is 0.00386 e. The summed E-state index contributed by atoms with van der Waals surface area (Å²) in [5, 5.41) is 0. The van der Waals surface area contributed by atoms with Crippen LogP contribution in [0.3, 0.4) is 0 Å². The lowest BCUT2D eigenvalue weighted by Crippen LogP contribution is -2.36. The van der Waals surface area contributed by atoms with Crippen LogP contribution in [-0.4, -0.2) is 0 Å². The highest BCUT2D eigenvalue weighted by atomic mass is 14.5. The first kappa shape index (κ1) is 9.45. The van der Waals surface area contributed by atoms with Gasteiger partial charge in [-0.15, -0.1) is 0 Å². The average molecular weight is 200 g/mol. The lowest BCUT2D eigenvalue weighted by molar-refractivity contribution is 0.157. The van der Waals surface area contributed by atoms with Gasteiger partial charge in [-0.3, -0.25) is 0 Å². The third kappa shape index (κ3) is 1.20. The van der Waals surface area contributed by atoms with Crippen molar-refractivity contribution >= 4 is 0 Å². The lowest BCUT2D eigenvalue weighted by atomic mass is 9.63. The summed E-state index contributed by atoms with van der Waals surface area (Å²) in [5.74, 6) is 1.82. The van der Waals surface area contributed by atoms with Gasteiger partial charge in [0.25, 0.3) is 0 Å². The first-order valence-corrected chi connectivity index (χ1v) is 6.30. The second kappa shape index (κ2) is 3.10. The molecule has 0 amide bonds. The first-order valence-electron chi connectivity index (χ1n) is 6.30. The second-order valence-electron chi connectivity index (χ2n) is 5.75. The summed E-state index contributed by atoms with van der Waals surface area (Å²) < 4.78 is 0. The molecule has 3 atom stereocenters. The molecule has 1 aromatic carbocycles. The molecule has 0 N–H and O–H groups in total. The summed E-state index contributed by atoms with van der Waals surface area (Å²) in [4.78, 5) is 0. The molecule has 0 bridgehead atoms. The third-order valence-corrected chi connectivity index (χ3v) is 4.93. The van der Waals surface area contributed by atoms with E-state index in [9.17, 15) is 0 Å². The molecule has 0 radical (unpaired) electrons. The molecule has 0 saturated heterocycles. The Morgan fingerprint density at radius 2 is 2.07 bits per heavy atom. The van der Waals surface area contributed by atoms with Crippen LogP contribution in [0.5, 0.6) is 0 Å². The maximum atomic E-state index is 2.50. The molecule has 2 aliphatic carbocycles. The highest BCUT2D eigenvalue weighted by Crippen LogP contribution is 2.53. The minimum Gasteiger partial charge on any atom is -0.0622 e. The highest BCUT2D eigenvalue weighted by molar-refractivity contribution is 5.40. The van der Waals surface area contributed by atoms with Gasteiger partial charge in [-0.2, -0.15) is 0 Å². The van der Waals surface area contributed by atoms with Crippen molar-refractivity contribution in [2.45, 2.75) is 44.9 Å². The number of rotatable bonds is 0. The molecule has 15 heavy (non-hydrogen) atoms. The Morgan fingerprint density at radius 1 is 1.27 bits per heavy atom. The summed E-state index contributed by atoms with van der Waals surface area (Å²) in [7, 11) is 0.